The highest BCUT2D eigenvalue weighted by Crippen LogP contribution is 2.26. The summed E-state index contributed by atoms with van der Waals surface area (Å²) in [4.78, 5) is 26.5. The molecule has 0 atom stereocenters. The first-order valence-corrected chi connectivity index (χ1v) is 8.14. The van der Waals surface area contributed by atoms with Crippen LogP contribution in [0.4, 0.5) is 5.69 Å². The highest BCUT2D eigenvalue weighted by molar-refractivity contribution is 6.34. The zero-order valence-electron chi connectivity index (χ0n) is 14.1. The normalized spacial score (nSPS) is 15.1. The predicted molar refractivity (Wildman–Crippen MR) is 101 cm³/mol. The number of nitrogens with zero attached hydrogens (tertiary/aromatic N) is 2. The third kappa shape index (κ3) is 4.04. The molecule has 0 saturated carbocycles. The number of esters is 1. The summed E-state index contributed by atoms with van der Waals surface area (Å²) in [5.41, 5.74) is 0.880. The van der Waals surface area contributed by atoms with Crippen molar-refractivity contribution in [2.45, 2.75) is 0 Å². The topological polar surface area (TPSA) is 91.0 Å². The van der Waals surface area contributed by atoms with Crippen molar-refractivity contribution in [3.63, 3.8) is 0 Å². The van der Waals surface area contributed by atoms with Crippen LogP contribution in [-0.4, -0.2) is 23.9 Å². The lowest BCUT2D eigenvalue weighted by Gasteiger charge is -2.02. The summed E-state index contributed by atoms with van der Waals surface area (Å²) in [6, 6.07) is 11.2. The number of aliphatic imine (C=N–C) groups is 1. The molecule has 0 unspecified atom stereocenters. The van der Waals surface area contributed by atoms with Crippen LogP contribution in [0.1, 0.15) is 11.1 Å². The monoisotopic (exact) mass is 384 g/mol. The number of allylic oxidation sites excluding steroid dienone is 2. The number of carbonyl (C=O) groups excluding carboxylic acids is 1. The molecule has 1 heterocycles. The Bertz CT molecular complexity index is 1010. The lowest BCUT2D eigenvalue weighted by Crippen LogP contribution is -2.06. The average Bonchev–Trinajstić information content (AvgIpc) is 3.03. The summed E-state index contributed by atoms with van der Waals surface area (Å²) in [6.07, 6.45) is 4.87. The number of hydrogen-bond donors (Lipinski definition) is 0. The van der Waals surface area contributed by atoms with Crippen molar-refractivity contribution in [2.75, 3.05) is 7.11 Å². The molecule has 7 nitrogen and oxygen atoms in total. The number of benzene rings is 2. The van der Waals surface area contributed by atoms with Gasteiger partial charge >= 0.3 is 5.97 Å². The number of non-ortho nitro benzene ring substituents is 1. The minimum atomic E-state index is -0.669. The molecule has 1 aliphatic heterocycles. The Hall–Kier alpha value is -3.45. The molecule has 0 saturated heterocycles. The fourth-order valence-electron chi connectivity index (χ4n) is 2.38. The number of para-hydroxylation sites is 1. The van der Waals surface area contributed by atoms with Crippen LogP contribution in [0.15, 0.2) is 65.3 Å². The minimum absolute atomic E-state index is 0.0544. The Labute approximate surface area is 159 Å². The third-order valence-corrected chi connectivity index (χ3v) is 4.01. The molecule has 0 spiro atoms. The minimum Gasteiger partial charge on any atom is -0.496 e. The number of rotatable bonds is 5. The largest absolute Gasteiger partial charge is 0.496 e. The van der Waals surface area contributed by atoms with Gasteiger partial charge in [0.15, 0.2) is 5.70 Å². The first-order chi connectivity index (χ1) is 13.0. The lowest BCUT2D eigenvalue weighted by atomic mass is 10.2. The summed E-state index contributed by atoms with van der Waals surface area (Å²) in [7, 11) is 1.57. The number of nitro benzene ring substituents is 1. The Kier molecular flexibility index (Phi) is 5.33. The van der Waals surface area contributed by atoms with E-state index in [4.69, 9.17) is 21.1 Å². The molecule has 3 rings (SSSR count). The summed E-state index contributed by atoms with van der Waals surface area (Å²) in [5, 5.41) is 11.1. The second-order valence-electron chi connectivity index (χ2n) is 5.38. The number of carbonyl (C=O) groups is 1. The smallest absolute Gasteiger partial charge is 0.363 e. The Morgan fingerprint density at radius 2 is 2.04 bits per heavy atom. The fraction of sp³-hybridized carbons (Fsp3) is 0.0526. The Balaban J connectivity index is 1.88. The number of hydrogen-bond acceptors (Lipinski definition) is 6. The van der Waals surface area contributed by atoms with E-state index in [0.29, 0.717) is 5.75 Å². The van der Waals surface area contributed by atoms with Crippen LogP contribution >= 0.6 is 11.6 Å². The summed E-state index contributed by atoms with van der Waals surface area (Å²) < 4.78 is 10.3. The average molecular weight is 385 g/mol. The van der Waals surface area contributed by atoms with Crippen LogP contribution in [0.3, 0.4) is 0 Å². The van der Waals surface area contributed by atoms with Gasteiger partial charge in [-0.25, -0.2) is 9.79 Å². The van der Waals surface area contributed by atoms with Gasteiger partial charge in [-0.05, 0) is 18.2 Å². The standard InChI is InChI=1S/C19H13ClN2O5/c1-26-17-8-3-2-5-12(17)6-4-7-16-19(23)27-18(21-16)14-11-13(22(24)25)9-10-15(14)20/h2-11H,1H3. The molecule has 0 fully saturated rings. The molecule has 1 aliphatic rings. The Morgan fingerprint density at radius 3 is 2.78 bits per heavy atom. The molecule has 8 heteroatoms. The SMILES string of the molecule is COc1ccccc1C=CC=C1N=C(c2cc([N+](=O)[O-])ccc2Cl)OC1=O. The molecule has 0 N–H and O–H groups in total. The molecular weight excluding hydrogens is 372 g/mol. The number of ether oxygens (including phenoxy) is 2. The molecule has 0 aliphatic carbocycles. The van der Waals surface area contributed by atoms with Gasteiger partial charge in [0.1, 0.15) is 5.75 Å². The molecule has 0 bridgehead atoms. The van der Waals surface area contributed by atoms with E-state index >= 15 is 0 Å². The molecule has 27 heavy (non-hydrogen) atoms. The molecular formula is C19H13ClN2O5. The van der Waals surface area contributed by atoms with Gasteiger partial charge in [-0.2, -0.15) is 0 Å². The third-order valence-electron chi connectivity index (χ3n) is 3.68. The van der Waals surface area contributed by atoms with Crippen molar-refractivity contribution in [2.24, 2.45) is 4.99 Å². The molecule has 2 aromatic carbocycles. The molecule has 0 amide bonds. The first kappa shape index (κ1) is 18.3. The molecule has 0 aromatic heterocycles. The van der Waals surface area contributed by atoms with Crippen LogP contribution < -0.4 is 4.74 Å². The number of halogens is 1. The van der Waals surface area contributed by atoms with E-state index in [-0.39, 0.29) is 27.9 Å². The quantitative estimate of drug-likeness (QED) is 0.334. The van der Waals surface area contributed by atoms with Crippen LogP contribution in [0, 0.1) is 10.1 Å². The second kappa shape index (κ2) is 7.84. The van der Waals surface area contributed by atoms with E-state index in [9.17, 15) is 14.9 Å². The second-order valence-corrected chi connectivity index (χ2v) is 5.79. The number of methoxy groups -OCH3 is 1. The van der Waals surface area contributed by atoms with E-state index in [2.05, 4.69) is 4.99 Å². The van der Waals surface area contributed by atoms with Gasteiger partial charge in [-0.1, -0.05) is 42.0 Å². The van der Waals surface area contributed by atoms with E-state index in [1.54, 1.807) is 19.3 Å². The van der Waals surface area contributed by atoms with Crippen molar-refractivity contribution in [3.05, 3.63) is 86.6 Å². The van der Waals surface area contributed by atoms with E-state index in [1.165, 1.54) is 24.3 Å². The van der Waals surface area contributed by atoms with Gasteiger partial charge in [0.05, 0.1) is 22.6 Å². The highest BCUT2D eigenvalue weighted by atomic mass is 35.5. The predicted octanol–water partition coefficient (Wildman–Crippen LogP) is 4.16. The highest BCUT2D eigenvalue weighted by Gasteiger charge is 2.26. The number of cyclic esters (lactones) is 1. The zero-order valence-corrected chi connectivity index (χ0v) is 14.8. The summed E-state index contributed by atoms with van der Waals surface area (Å²) in [6.45, 7) is 0. The van der Waals surface area contributed by atoms with Gasteiger partial charge in [0, 0.05) is 17.7 Å². The maximum Gasteiger partial charge on any atom is 0.363 e. The van der Waals surface area contributed by atoms with Gasteiger partial charge in [-0.3, -0.25) is 10.1 Å². The van der Waals surface area contributed by atoms with Gasteiger partial charge in [0.25, 0.3) is 5.69 Å². The van der Waals surface area contributed by atoms with Gasteiger partial charge in [0.2, 0.25) is 5.90 Å². The van der Waals surface area contributed by atoms with E-state index in [1.807, 2.05) is 24.3 Å². The van der Waals surface area contributed by atoms with Crippen molar-refractivity contribution in [3.8, 4) is 5.75 Å². The van der Waals surface area contributed by atoms with Gasteiger partial charge in [-0.15, -0.1) is 0 Å². The first-order valence-electron chi connectivity index (χ1n) is 7.76. The van der Waals surface area contributed by atoms with Crippen LogP contribution in [0.25, 0.3) is 6.08 Å². The van der Waals surface area contributed by atoms with Crippen molar-refractivity contribution >= 4 is 35.2 Å². The maximum atomic E-state index is 12.0. The molecule has 2 aromatic rings. The van der Waals surface area contributed by atoms with Gasteiger partial charge < -0.3 is 9.47 Å². The lowest BCUT2D eigenvalue weighted by molar-refractivity contribution is -0.384. The van der Waals surface area contributed by atoms with Crippen LogP contribution in [0.5, 0.6) is 5.75 Å². The summed E-state index contributed by atoms with van der Waals surface area (Å²) in [5.74, 6) is -0.0587. The Morgan fingerprint density at radius 1 is 1.26 bits per heavy atom. The maximum absolute atomic E-state index is 12.0. The van der Waals surface area contributed by atoms with Crippen molar-refractivity contribution in [1.82, 2.24) is 0 Å². The van der Waals surface area contributed by atoms with Crippen molar-refractivity contribution < 1.29 is 19.2 Å². The van der Waals surface area contributed by atoms with Crippen LogP contribution in [-0.2, 0) is 9.53 Å². The van der Waals surface area contributed by atoms with Crippen molar-refractivity contribution in [1.29, 1.82) is 0 Å². The fourth-order valence-corrected chi connectivity index (χ4v) is 2.57. The number of nitro groups is 1. The molecule has 0 radical (unpaired) electrons. The zero-order chi connectivity index (χ0) is 19.4. The van der Waals surface area contributed by atoms with E-state index in [0.717, 1.165) is 5.56 Å². The van der Waals surface area contributed by atoms with Crippen LogP contribution in [0.2, 0.25) is 5.02 Å². The van der Waals surface area contributed by atoms with E-state index < -0.39 is 10.9 Å². The molecule has 136 valence electrons. The summed E-state index contributed by atoms with van der Waals surface area (Å²) >= 11 is 6.05.